The molecule has 11 heteroatoms. The zero-order chi connectivity index (χ0) is 22.6. The Morgan fingerprint density at radius 3 is 2.42 bits per heavy atom. The SMILES string of the molecule is Cc1nsc(NC(=O)c2cc(Oc3ccc(S(C)(=O)=O)cc3)cc(OC(C)CO)c2)n1. The number of aromatic nitrogens is 2. The standard InChI is InChI=1S/C20H21N3O6S2/c1-12(11-24)28-16-8-14(19(25)22-20-21-13(2)23-30-20)9-17(10-16)29-15-4-6-18(7-5-15)31(3,26)27/h4-10,12,24H,11H2,1-3H3,(H,21,22,23,25). The van der Waals surface area contributed by atoms with Crippen LogP contribution in [0.3, 0.4) is 0 Å². The molecule has 0 saturated heterocycles. The molecule has 0 radical (unpaired) electrons. The van der Waals surface area contributed by atoms with Gasteiger partial charge in [-0.15, -0.1) is 0 Å². The van der Waals surface area contributed by atoms with Crippen LogP contribution in [-0.2, 0) is 9.84 Å². The van der Waals surface area contributed by atoms with Crippen LogP contribution in [0.15, 0.2) is 47.4 Å². The number of aliphatic hydroxyl groups excluding tert-OH is 1. The molecule has 0 spiro atoms. The van der Waals surface area contributed by atoms with Crippen LogP contribution >= 0.6 is 11.5 Å². The second-order valence-electron chi connectivity index (χ2n) is 6.75. The molecule has 9 nitrogen and oxygen atoms in total. The fourth-order valence-corrected chi connectivity index (χ4v) is 3.71. The minimum absolute atomic E-state index is 0.168. The summed E-state index contributed by atoms with van der Waals surface area (Å²) in [5.74, 6) is 1.12. The molecule has 0 fully saturated rings. The van der Waals surface area contributed by atoms with E-state index in [2.05, 4.69) is 14.7 Å². The van der Waals surface area contributed by atoms with Crippen LogP contribution < -0.4 is 14.8 Å². The molecule has 1 aromatic heterocycles. The Kier molecular flexibility index (Phi) is 6.88. The lowest BCUT2D eigenvalue weighted by molar-refractivity contribution is 0.102. The van der Waals surface area contributed by atoms with E-state index in [0.29, 0.717) is 28.2 Å². The largest absolute Gasteiger partial charge is 0.488 e. The first-order valence-electron chi connectivity index (χ1n) is 9.16. The molecule has 1 amide bonds. The molecule has 0 bridgehead atoms. The van der Waals surface area contributed by atoms with Crippen molar-refractivity contribution in [1.29, 1.82) is 0 Å². The lowest BCUT2D eigenvalue weighted by Gasteiger charge is -2.15. The van der Waals surface area contributed by atoms with E-state index in [9.17, 15) is 18.3 Å². The van der Waals surface area contributed by atoms with Crippen molar-refractivity contribution in [3.05, 3.63) is 53.9 Å². The second kappa shape index (κ2) is 9.41. The summed E-state index contributed by atoms with van der Waals surface area (Å²) in [6, 6.07) is 10.5. The maximum absolute atomic E-state index is 12.7. The minimum Gasteiger partial charge on any atom is -0.488 e. The van der Waals surface area contributed by atoms with Gasteiger partial charge in [-0.1, -0.05) is 0 Å². The zero-order valence-corrected chi connectivity index (χ0v) is 18.7. The number of anilines is 1. The van der Waals surface area contributed by atoms with E-state index in [-0.39, 0.29) is 17.1 Å². The van der Waals surface area contributed by atoms with E-state index in [1.54, 1.807) is 19.9 Å². The maximum Gasteiger partial charge on any atom is 0.257 e. The zero-order valence-electron chi connectivity index (χ0n) is 17.0. The van der Waals surface area contributed by atoms with Crippen LogP contribution in [0.2, 0.25) is 0 Å². The van der Waals surface area contributed by atoms with Gasteiger partial charge in [0.1, 0.15) is 29.2 Å². The van der Waals surface area contributed by atoms with Crippen molar-refractivity contribution in [2.45, 2.75) is 24.8 Å². The van der Waals surface area contributed by atoms with Crippen LogP contribution in [0.25, 0.3) is 0 Å². The van der Waals surface area contributed by atoms with Gasteiger partial charge in [0, 0.05) is 29.4 Å². The number of aryl methyl sites for hydroxylation is 1. The van der Waals surface area contributed by atoms with Crippen molar-refractivity contribution in [2.75, 3.05) is 18.2 Å². The average Bonchev–Trinajstić information content (AvgIpc) is 3.12. The number of hydrogen-bond donors (Lipinski definition) is 2. The smallest absolute Gasteiger partial charge is 0.257 e. The Hall–Kier alpha value is -3.02. The molecular weight excluding hydrogens is 442 g/mol. The molecule has 164 valence electrons. The number of carbonyl (C=O) groups excluding carboxylic acids is 1. The first kappa shape index (κ1) is 22.7. The van der Waals surface area contributed by atoms with Gasteiger partial charge in [0.25, 0.3) is 5.91 Å². The highest BCUT2D eigenvalue weighted by molar-refractivity contribution is 7.90. The van der Waals surface area contributed by atoms with Crippen LogP contribution in [-0.4, -0.2) is 47.8 Å². The molecule has 3 aromatic rings. The number of sulfone groups is 1. The molecule has 1 unspecified atom stereocenters. The molecule has 1 atom stereocenters. The summed E-state index contributed by atoms with van der Waals surface area (Å²) in [4.78, 5) is 17.0. The topological polar surface area (TPSA) is 128 Å². The predicted octanol–water partition coefficient (Wildman–Crippen LogP) is 3.05. The Bertz CT molecular complexity index is 1180. The molecule has 0 aliphatic rings. The number of aliphatic hydroxyl groups is 1. The van der Waals surface area contributed by atoms with E-state index in [1.165, 1.54) is 36.4 Å². The monoisotopic (exact) mass is 463 g/mol. The van der Waals surface area contributed by atoms with Crippen molar-refractivity contribution >= 4 is 32.4 Å². The number of rotatable bonds is 8. The predicted molar refractivity (Wildman–Crippen MR) is 116 cm³/mol. The van der Waals surface area contributed by atoms with Crippen molar-refractivity contribution in [1.82, 2.24) is 9.36 Å². The number of ether oxygens (including phenoxy) is 2. The summed E-state index contributed by atoms with van der Waals surface area (Å²) in [6.07, 6.45) is 0.627. The number of benzene rings is 2. The van der Waals surface area contributed by atoms with Gasteiger partial charge < -0.3 is 14.6 Å². The average molecular weight is 464 g/mol. The van der Waals surface area contributed by atoms with Gasteiger partial charge in [-0.3, -0.25) is 10.1 Å². The van der Waals surface area contributed by atoms with Crippen LogP contribution in [0.4, 0.5) is 5.13 Å². The number of nitrogens with one attached hydrogen (secondary N) is 1. The van der Waals surface area contributed by atoms with E-state index in [0.717, 1.165) is 17.8 Å². The summed E-state index contributed by atoms with van der Waals surface area (Å²) in [7, 11) is -3.32. The lowest BCUT2D eigenvalue weighted by atomic mass is 10.2. The summed E-state index contributed by atoms with van der Waals surface area (Å²) < 4.78 is 38.7. The fraction of sp³-hybridized carbons (Fsp3) is 0.250. The van der Waals surface area contributed by atoms with Gasteiger partial charge in [-0.25, -0.2) is 13.4 Å². The maximum atomic E-state index is 12.7. The van der Waals surface area contributed by atoms with Gasteiger partial charge in [-0.05, 0) is 50.2 Å². The molecule has 0 aliphatic heterocycles. The number of nitrogens with zero attached hydrogens (tertiary/aromatic N) is 2. The highest BCUT2D eigenvalue weighted by Crippen LogP contribution is 2.29. The van der Waals surface area contributed by atoms with Gasteiger partial charge in [-0.2, -0.15) is 4.37 Å². The summed E-state index contributed by atoms with van der Waals surface area (Å²) >= 11 is 1.06. The highest BCUT2D eigenvalue weighted by Gasteiger charge is 2.15. The Morgan fingerprint density at radius 2 is 1.84 bits per heavy atom. The molecule has 3 rings (SSSR count). The van der Waals surface area contributed by atoms with E-state index in [4.69, 9.17) is 9.47 Å². The molecule has 2 N–H and O–H groups in total. The van der Waals surface area contributed by atoms with E-state index in [1.807, 2.05) is 0 Å². The summed E-state index contributed by atoms with van der Waals surface area (Å²) in [5.41, 5.74) is 0.248. The number of carbonyl (C=O) groups is 1. The van der Waals surface area contributed by atoms with E-state index >= 15 is 0 Å². The molecule has 0 saturated carbocycles. The highest BCUT2D eigenvalue weighted by atomic mass is 32.2. The molecule has 0 aliphatic carbocycles. The first-order valence-corrected chi connectivity index (χ1v) is 11.8. The molecule has 1 heterocycles. The normalized spacial score (nSPS) is 12.3. The third-order valence-electron chi connectivity index (χ3n) is 3.97. The Labute approximate surface area is 183 Å². The molecule has 2 aromatic carbocycles. The Morgan fingerprint density at radius 1 is 1.16 bits per heavy atom. The van der Waals surface area contributed by atoms with Crippen LogP contribution in [0.5, 0.6) is 17.2 Å². The van der Waals surface area contributed by atoms with Gasteiger partial charge >= 0.3 is 0 Å². The summed E-state index contributed by atoms with van der Waals surface area (Å²) in [5, 5.41) is 12.3. The third kappa shape index (κ3) is 6.23. The number of amides is 1. The van der Waals surface area contributed by atoms with Crippen molar-refractivity contribution in [2.24, 2.45) is 0 Å². The third-order valence-corrected chi connectivity index (χ3v) is 5.82. The lowest BCUT2D eigenvalue weighted by Crippen LogP contribution is -2.17. The van der Waals surface area contributed by atoms with E-state index < -0.39 is 21.8 Å². The molecule has 31 heavy (non-hydrogen) atoms. The van der Waals surface area contributed by atoms with Crippen molar-refractivity contribution < 1.29 is 27.8 Å². The fourth-order valence-electron chi connectivity index (χ4n) is 2.51. The van der Waals surface area contributed by atoms with Crippen LogP contribution in [0, 0.1) is 6.92 Å². The quantitative estimate of drug-likeness (QED) is 0.522. The summed E-state index contributed by atoms with van der Waals surface area (Å²) in [6.45, 7) is 3.20. The van der Waals surface area contributed by atoms with Crippen LogP contribution in [0.1, 0.15) is 23.1 Å². The first-order chi connectivity index (χ1) is 14.6. The van der Waals surface area contributed by atoms with Crippen molar-refractivity contribution in [3.8, 4) is 17.2 Å². The second-order valence-corrected chi connectivity index (χ2v) is 9.52. The Balaban J connectivity index is 1.88. The van der Waals surface area contributed by atoms with Gasteiger partial charge in [0.2, 0.25) is 5.13 Å². The molecular formula is C20H21N3O6S2. The van der Waals surface area contributed by atoms with Gasteiger partial charge in [0.15, 0.2) is 9.84 Å². The number of hydrogen-bond acceptors (Lipinski definition) is 9. The minimum atomic E-state index is -3.32. The van der Waals surface area contributed by atoms with Gasteiger partial charge in [0.05, 0.1) is 11.5 Å². The van der Waals surface area contributed by atoms with Crippen molar-refractivity contribution in [3.63, 3.8) is 0 Å².